The molecule has 0 aliphatic heterocycles. The van der Waals surface area contributed by atoms with Crippen LogP contribution in [-0.4, -0.2) is 21.0 Å². The molecule has 1 atom stereocenters. The first-order chi connectivity index (χ1) is 8.49. The van der Waals surface area contributed by atoms with E-state index >= 15 is 0 Å². The fourth-order valence-electron chi connectivity index (χ4n) is 1.58. The molecule has 1 aromatic carbocycles. The molecular weight excluding hydrogens is 255 g/mol. The summed E-state index contributed by atoms with van der Waals surface area (Å²) in [6.45, 7) is 2.28. The first-order valence-electron chi connectivity index (χ1n) is 5.97. The average molecular weight is 274 g/mol. The summed E-state index contributed by atoms with van der Waals surface area (Å²) in [6, 6.07) is 4.45. The molecule has 0 bridgehead atoms. The van der Waals surface area contributed by atoms with E-state index in [9.17, 15) is 12.8 Å². The van der Waals surface area contributed by atoms with E-state index in [-0.39, 0.29) is 17.5 Å². The summed E-state index contributed by atoms with van der Waals surface area (Å²) in [4.78, 5) is 0.0545. The first kappa shape index (κ1) is 15.1. The van der Waals surface area contributed by atoms with Crippen molar-refractivity contribution in [2.75, 3.05) is 6.54 Å². The Morgan fingerprint density at radius 3 is 2.44 bits per heavy atom. The van der Waals surface area contributed by atoms with Gasteiger partial charge in [-0.05, 0) is 30.7 Å². The Balaban J connectivity index is 2.77. The van der Waals surface area contributed by atoms with Gasteiger partial charge < -0.3 is 5.73 Å². The Morgan fingerprint density at radius 1 is 1.33 bits per heavy atom. The van der Waals surface area contributed by atoms with Gasteiger partial charge in [0.15, 0.2) is 0 Å². The lowest BCUT2D eigenvalue weighted by Gasteiger charge is -2.16. The van der Waals surface area contributed by atoms with Gasteiger partial charge in [0.2, 0.25) is 10.0 Å². The number of halogens is 1. The van der Waals surface area contributed by atoms with E-state index in [4.69, 9.17) is 5.73 Å². The van der Waals surface area contributed by atoms with E-state index in [2.05, 4.69) is 4.72 Å². The van der Waals surface area contributed by atoms with Crippen LogP contribution in [-0.2, 0) is 10.0 Å². The number of rotatable bonds is 7. The van der Waals surface area contributed by atoms with E-state index in [0.717, 1.165) is 25.0 Å². The highest BCUT2D eigenvalue weighted by Crippen LogP contribution is 2.11. The molecule has 3 N–H and O–H groups in total. The molecule has 0 radical (unpaired) electrons. The molecule has 1 unspecified atom stereocenters. The molecule has 0 aliphatic rings. The molecule has 0 saturated heterocycles. The Labute approximate surface area is 107 Å². The van der Waals surface area contributed by atoms with E-state index in [1.807, 2.05) is 6.92 Å². The Hall–Kier alpha value is -0.980. The number of hydrogen-bond donors (Lipinski definition) is 2. The maximum atomic E-state index is 12.7. The zero-order valence-electron chi connectivity index (χ0n) is 10.4. The normalized spacial score (nSPS) is 13.5. The third-order valence-corrected chi connectivity index (χ3v) is 4.17. The Morgan fingerprint density at radius 2 is 1.94 bits per heavy atom. The molecule has 6 heteroatoms. The number of nitrogens with one attached hydrogen (secondary N) is 1. The van der Waals surface area contributed by atoms with Gasteiger partial charge in [-0.15, -0.1) is 0 Å². The van der Waals surface area contributed by atoms with Crippen molar-refractivity contribution in [1.82, 2.24) is 4.72 Å². The minimum Gasteiger partial charge on any atom is -0.329 e. The van der Waals surface area contributed by atoms with Crippen LogP contribution in [0.5, 0.6) is 0 Å². The molecule has 0 aromatic heterocycles. The molecule has 0 saturated carbocycles. The maximum Gasteiger partial charge on any atom is 0.240 e. The van der Waals surface area contributed by atoms with Gasteiger partial charge in [0.25, 0.3) is 0 Å². The monoisotopic (exact) mass is 274 g/mol. The van der Waals surface area contributed by atoms with Gasteiger partial charge in [0.05, 0.1) is 4.90 Å². The highest BCUT2D eigenvalue weighted by Gasteiger charge is 2.18. The minimum atomic E-state index is -3.62. The van der Waals surface area contributed by atoms with Crippen molar-refractivity contribution in [1.29, 1.82) is 0 Å². The van der Waals surface area contributed by atoms with Crippen LogP contribution in [0.2, 0.25) is 0 Å². The Kier molecular flexibility index (Phi) is 5.71. The van der Waals surface area contributed by atoms with Crippen LogP contribution in [0.25, 0.3) is 0 Å². The van der Waals surface area contributed by atoms with Crippen LogP contribution in [0.4, 0.5) is 4.39 Å². The number of nitrogens with two attached hydrogens (primary N) is 1. The quantitative estimate of drug-likeness (QED) is 0.793. The van der Waals surface area contributed by atoms with Gasteiger partial charge in [0, 0.05) is 12.6 Å². The molecule has 102 valence electrons. The lowest BCUT2D eigenvalue weighted by atomic mass is 10.1. The molecule has 0 fully saturated rings. The number of benzene rings is 1. The summed E-state index contributed by atoms with van der Waals surface area (Å²) in [7, 11) is -3.62. The zero-order chi connectivity index (χ0) is 13.6. The van der Waals surface area contributed by atoms with Crippen molar-refractivity contribution < 1.29 is 12.8 Å². The number of unbranched alkanes of at least 4 members (excludes halogenated alkanes) is 1. The van der Waals surface area contributed by atoms with Crippen LogP contribution in [0.15, 0.2) is 29.2 Å². The van der Waals surface area contributed by atoms with Gasteiger partial charge in [-0.1, -0.05) is 19.8 Å². The highest BCUT2D eigenvalue weighted by molar-refractivity contribution is 7.89. The molecular formula is C12H19FN2O2S. The van der Waals surface area contributed by atoms with Crippen LogP contribution in [0.1, 0.15) is 26.2 Å². The minimum absolute atomic E-state index is 0.0545. The zero-order valence-corrected chi connectivity index (χ0v) is 11.2. The van der Waals surface area contributed by atoms with Gasteiger partial charge >= 0.3 is 0 Å². The lowest BCUT2D eigenvalue weighted by Crippen LogP contribution is -2.40. The van der Waals surface area contributed by atoms with Crippen LogP contribution in [0, 0.1) is 5.82 Å². The third-order valence-electron chi connectivity index (χ3n) is 2.64. The van der Waals surface area contributed by atoms with Gasteiger partial charge in [0.1, 0.15) is 5.82 Å². The van der Waals surface area contributed by atoms with E-state index in [1.54, 1.807) is 0 Å². The second-order valence-electron chi connectivity index (χ2n) is 4.15. The van der Waals surface area contributed by atoms with Crippen LogP contribution in [0.3, 0.4) is 0 Å². The summed E-state index contributed by atoms with van der Waals surface area (Å²) < 4.78 is 39.2. The molecule has 1 aromatic rings. The third kappa shape index (κ3) is 4.36. The van der Waals surface area contributed by atoms with Crippen molar-refractivity contribution in [3.63, 3.8) is 0 Å². The average Bonchev–Trinajstić information content (AvgIpc) is 2.35. The predicted octanol–water partition coefficient (Wildman–Crippen LogP) is 1.62. The number of sulfonamides is 1. The van der Waals surface area contributed by atoms with Crippen molar-refractivity contribution in [2.24, 2.45) is 5.73 Å². The Bertz CT molecular complexity index is 459. The van der Waals surface area contributed by atoms with Crippen molar-refractivity contribution in [3.8, 4) is 0 Å². The standard InChI is InChI=1S/C12H19FN2O2S/c1-2-3-4-11(9-14)15-18(16,17)12-7-5-10(13)6-8-12/h5-8,11,15H,2-4,9,14H2,1H3. The van der Waals surface area contributed by atoms with Crippen molar-refractivity contribution in [3.05, 3.63) is 30.1 Å². The molecule has 0 heterocycles. The highest BCUT2D eigenvalue weighted by atomic mass is 32.2. The lowest BCUT2D eigenvalue weighted by molar-refractivity contribution is 0.516. The molecule has 0 amide bonds. The van der Waals surface area contributed by atoms with Gasteiger partial charge in [-0.3, -0.25) is 0 Å². The van der Waals surface area contributed by atoms with Gasteiger partial charge in [-0.2, -0.15) is 0 Å². The molecule has 0 aliphatic carbocycles. The SMILES string of the molecule is CCCCC(CN)NS(=O)(=O)c1ccc(F)cc1. The van der Waals surface area contributed by atoms with E-state index in [0.29, 0.717) is 6.42 Å². The summed E-state index contributed by atoms with van der Waals surface area (Å²) >= 11 is 0. The second kappa shape index (κ2) is 6.82. The number of hydrogen-bond acceptors (Lipinski definition) is 3. The van der Waals surface area contributed by atoms with Crippen LogP contribution < -0.4 is 10.5 Å². The fraction of sp³-hybridized carbons (Fsp3) is 0.500. The summed E-state index contributed by atoms with van der Waals surface area (Å²) in [5.41, 5.74) is 5.54. The molecule has 0 spiro atoms. The van der Waals surface area contributed by atoms with E-state index in [1.165, 1.54) is 12.1 Å². The molecule has 18 heavy (non-hydrogen) atoms. The largest absolute Gasteiger partial charge is 0.329 e. The fourth-order valence-corrected chi connectivity index (χ4v) is 2.86. The smallest absolute Gasteiger partial charge is 0.240 e. The van der Waals surface area contributed by atoms with E-state index < -0.39 is 15.8 Å². The van der Waals surface area contributed by atoms with Crippen LogP contribution >= 0.6 is 0 Å². The maximum absolute atomic E-state index is 12.7. The van der Waals surface area contributed by atoms with Crippen molar-refractivity contribution >= 4 is 10.0 Å². The topological polar surface area (TPSA) is 72.2 Å². The second-order valence-corrected chi connectivity index (χ2v) is 5.86. The predicted molar refractivity (Wildman–Crippen MR) is 69.1 cm³/mol. The van der Waals surface area contributed by atoms with Gasteiger partial charge in [-0.25, -0.2) is 17.5 Å². The summed E-state index contributed by atoms with van der Waals surface area (Å²) in [5.74, 6) is -0.463. The molecule has 1 rings (SSSR count). The molecule has 4 nitrogen and oxygen atoms in total. The summed E-state index contributed by atoms with van der Waals surface area (Å²) in [5, 5.41) is 0. The first-order valence-corrected chi connectivity index (χ1v) is 7.46. The van der Waals surface area contributed by atoms with Crippen molar-refractivity contribution in [2.45, 2.75) is 37.1 Å². The summed E-state index contributed by atoms with van der Waals surface area (Å²) in [6.07, 6.45) is 2.59.